The largest absolute Gasteiger partial charge is 0.497 e. The van der Waals surface area contributed by atoms with Crippen molar-refractivity contribution < 1.29 is 19.1 Å². The van der Waals surface area contributed by atoms with Crippen LogP contribution in [0.25, 0.3) is 0 Å². The van der Waals surface area contributed by atoms with Gasteiger partial charge < -0.3 is 19.7 Å². The van der Waals surface area contributed by atoms with Gasteiger partial charge in [-0.25, -0.2) is 0 Å². The van der Waals surface area contributed by atoms with Gasteiger partial charge in [-0.2, -0.15) is 0 Å². The lowest BCUT2D eigenvalue weighted by Crippen LogP contribution is -2.43. The minimum absolute atomic E-state index is 0.145. The summed E-state index contributed by atoms with van der Waals surface area (Å²) in [6.07, 6.45) is 0.181. The van der Waals surface area contributed by atoms with Crippen molar-refractivity contribution >= 4 is 11.8 Å². The van der Waals surface area contributed by atoms with Crippen molar-refractivity contribution in [3.8, 4) is 11.5 Å². The maximum absolute atomic E-state index is 13.8. The predicted octanol–water partition coefficient (Wildman–Crippen LogP) is 5.33. The summed E-state index contributed by atoms with van der Waals surface area (Å²) in [6, 6.07) is 33.2. The molecule has 0 aliphatic rings. The van der Waals surface area contributed by atoms with Crippen LogP contribution in [0.2, 0.25) is 0 Å². The van der Waals surface area contributed by atoms with Crippen LogP contribution in [0.15, 0.2) is 109 Å². The van der Waals surface area contributed by atoms with Crippen LogP contribution in [-0.2, 0) is 29.1 Å². The standard InChI is InChI=1S/C32H32N2O4/c1-37-28-19-17-25(18-20-28)23-34(30(35)21-24-11-5-3-6-12-24)31(26-13-7-4-8-14-26)32(36)33-22-27-15-9-10-16-29(27)38-2/h3-20,31H,21-23H2,1-2H3,(H,33,36)/t31-/m0/s1. The van der Waals surface area contributed by atoms with Crippen LogP contribution in [0.5, 0.6) is 11.5 Å². The number of carbonyl (C=O) groups excluding carboxylic acids is 2. The second-order valence-electron chi connectivity index (χ2n) is 8.87. The molecule has 0 saturated carbocycles. The number of methoxy groups -OCH3 is 2. The molecule has 0 fully saturated rings. The lowest BCUT2D eigenvalue weighted by molar-refractivity contribution is -0.141. The molecular formula is C32H32N2O4. The van der Waals surface area contributed by atoms with Crippen LogP contribution in [0.1, 0.15) is 28.3 Å². The molecule has 4 aromatic rings. The Morgan fingerprint density at radius 3 is 2.03 bits per heavy atom. The number of hydrogen-bond acceptors (Lipinski definition) is 4. The number of nitrogens with one attached hydrogen (secondary N) is 1. The summed E-state index contributed by atoms with van der Waals surface area (Å²) in [7, 11) is 3.22. The zero-order valence-corrected chi connectivity index (χ0v) is 21.7. The highest BCUT2D eigenvalue weighted by molar-refractivity contribution is 5.89. The molecule has 2 amide bonds. The van der Waals surface area contributed by atoms with Crippen molar-refractivity contribution in [2.45, 2.75) is 25.6 Å². The number of para-hydroxylation sites is 1. The van der Waals surface area contributed by atoms with Gasteiger partial charge in [0.1, 0.15) is 17.5 Å². The first-order chi connectivity index (χ1) is 18.6. The summed E-state index contributed by atoms with van der Waals surface area (Å²) in [4.78, 5) is 29.3. The molecule has 1 N–H and O–H groups in total. The molecule has 6 nitrogen and oxygen atoms in total. The Labute approximate surface area is 223 Å². The zero-order valence-electron chi connectivity index (χ0n) is 21.7. The van der Waals surface area contributed by atoms with Crippen LogP contribution in [-0.4, -0.2) is 30.9 Å². The first-order valence-corrected chi connectivity index (χ1v) is 12.5. The van der Waals surface area contributed by atoms with Crippen molar-refractivity contribution in [3.05, 3.63) is 131 Å². The minimum atomic E-state index is -0.829. The number of nitrogens with zero attached hydrogens (tertiary/aromatic N) is 1. The van der Waals surface area contributed by atoms with Gasteiger partial charge in [0, 0.05) is 18.7 Å². The van der Waals surface area contributed by atoms with Crippen molar-refractivity contribution in [1.29, 1.82) is 0 Å². The molecule has 0 aromatic heterocycles. The molecule has 6 heteroatoms. The Morgan fingerprint density at radius 1 is 0.737 bits per heavy atom. The average molecular weight is 509 g/mol. The third-order valence-corrected chi connectivity index (χ3v) is 6.35. The number of hydrogen-bond donors (Lipinski definition) is 1. The predicted molar refractivity (Wildman–Crippen MR) is 148 cm³/mol. The highest BCUT2D eigenvalue weighted by Gasteiger charge is 2.31. The molecule has 0 heterocycles. The van der Waals surface area contributed by atoms with E-state index in [-0.39, 0.29) is 31.3 Å². The summed E-state index contributed by atoms with van der Waals surface area (Å²) in [5.41, 5.74) is 3.37. The quantitative estimate of drug-likeness (QED) is 0.297. The van der Waals surface area contributed by atoms with Crippen LogP contribution < -0.4 is 14.8 Å². The van der Waals surface area contributed by atoms with Gasteiger partial charge in [0.25, 0.3) is 0 Å². The van der Waals surface area contributed by atoms with E-state index in [1.807, 2.05) is 109 Å². The van der Waals surface area contributed by atoms with Gasteiger partial charge in [-0.1, -0.05) is 91.0 Å². The van der Waals surface area contributed by atoms with E-state index in [1.54, 1.807) is 19.1 Å². The number of benzene rings is 4. The molecule has 0 spiro atoms. The fourth-order valence-corrected chi connectivity index (χ4v) is 4.36. The Hall–Kier alpha value is -4.58. The number of rotatable bonds is 11. The summed E-state index contributed by atoms with van der Waals surface area (Å²) >= 11 is 0. The van der Waals surface area contributed by atoms with E-state index >= 15 is 0 Å². The maximum atomic E-state index is 13.8. The van der Waals surface area contributed by atoms with E-state index in [1.165, 1.54) is 0 Å². The fourth-order valence-electron chi connectivity index (χ4n) is 4.36. The smallest absolute Gasteiger partial charge is 0.247 e. The Kier molecular flexibility index (Phi) is 9.13. The van der Waals surface area contributed by atoms with Gasteiger partial charge in [-0.05, 0) is 34.9 Å². The summed E-state index contributed by atoms with van der Waals surface area (Å²) in [5.74, 6) is 1.01. The van der Waals surface area contributed by atoms with Crippen molar-refractivity contribution in [2.24, 2.45) is 0 Å². The summed E-state index contributed by atoms with van der Waals surface area (Å²) in [5, 5.41) is 3.04. The topological polar surface area (TPSA) is 67.9 Å². The van der Waals surface area contributed by atoms with E-state index in [9.17, 15) is 9.59 Å². The molecule has 1 atom stereocenters. The maximum Gasteiger partial charge on any atom is 0.247 e. The lowest BCUT2D eigenvalue weighted by atomic mass is 10.0. The number of carbonyl (C=O) groups is 2. The molecule has 194 valence electrons. The van der Waals surface area contributed by atoms with Crippen molar-refractivity contribution in [2.75, 3.05) is 14.2 Å². The number of amides is 2. The molecule has 0 unspecified atom stereocenters. The lowest BCUT2D eigenvalue weighted by Gasteiger charge is -2.32. The second-order valence-corrected chi connectivity index (χ2v) is 8.87. The van der Waals surface area contributed by atoms with E-state index in [0.717, 1.165) is 28.0 Å². The fraction of sp³-hybridized carbons (Fsp3) is 0.188. The molecule has 4 rings (SSSR count). The zero-order chi connectivity index (χ0) is 26.7. The molecule has 0 aliphatic carbocycles. The van der Waals surface area contributed by atoms with Crippen LogP contribution in [0.3, 0.4) is 0 Å². The van der Waals surface area contributed by atoms with Gasteiger partial charge in [-0.3, -0.25) is 9.59 Å². The minimum Gasteiger partial charge on any atom is -0.497 e. The molecule has 0 aliphatic heterocycles. The molecule has 0 radical (unpaired) electrons. The van der Waals surface area contributed by atoms with E-state index in [0.29, 0.717) is 5.75 Å². The van der Waals surface area contributed by atoms with E-state index in [2.05, 4.69) is 5.32 Å². The van der Waals surface area contributed by atoms with E-state index < -0.39 is 6.04 Å². The second kappa shape index (κ2) is 13.1. The van der Waals surface area contributed by atoms with Gasteiger partial charge in [0.2, 0.25) is 11.8 Å². The monoisotopic (exact) mass is 508 g/mol. The molecule has 0 bridgehead atoms. The Bertz CT molecular complexity index is 1320. The van der Waals surface area contributed by atoms with Crippen molar-refractivity contribution in [3.63, 3.8) is 0 Å². The highest BCUT2D eigenvalue weighted by atomic mass is 16.5. The normalized spacial score (nSPS) is 11.3. The summed E-state index contributed by atoms with van der Waals surface area (Å²) < 4.78 is 10.7. The molecule has 4 aromatic carbocycles. The SMILES string of the molecule is COc1ccc(CN(C(=O)Cc2ccccc2)[C@H](C(=O)NCc2ccccc2OC)c2ccccc2)cc1. The van der Waals surface area contributed by atoms with Gasteiger partial charge in [-0.15, -0.1) is 0 Å². The summed E-state index contributed by atoms with van der Waals surface area (Å²) in [6.45, 7) is 0.534. The van der Waals surface area contributed by atoms with Gasteiger partial charge in [0.05, 0.1) is 20.6 Å². The molecule has 38 heavy (non-hydrogen) atoms. The first kappa shape index (κ1) is 26.5. The average Bonchev–Trinajstić information content (AvgIpc) is 2.97. The molecular weight excluding hydrogens is 476 g/mol. The highest BCUT2D eigenvalue weighted by Crippen LogP contribution is 2.26. The van der Waals surface area contributed by atoms with Crippen LogP contribution >= 0.6 is 0 Å². The third kappa shape index (κ3) is 6.79. The van der Waals surface area contributed by atoms with Crippen molar-refractivity contribution in [1.82, 2.24) is 10.2 Å². The third-order valence-electron chi connectivity index (χ3n) is 6.35. The Morgan fingerprint density at radius 2 is 1.37 bits per heavy atom. The van der Waals surface area contributed by atoms with E-state index in [4.69, 9.17) is 9.47 Å². The van der Waals surface area contributed by atoms with Gasteiger partial charge in [0.15, 0.2) is 0 Å². The molecule has 0 saturated heterocycles. The number of ether oxygens (including phenoxy) is 2. The van der Waals surface area contributed by atoms with Crippen LogP contribution in [0.4, 0.5) is 0 Å². The first-order valence-electron chi connectivity index (χ1n) is 12.5. The Balaban J connectivity index is 1.67. The van der Waals surface area contributed by atoms with Crippen LogP contribution in [0, 0.1) is 0 Å². The van der Waals surface area contributed by atoms with Gasteiger partial charge >= 0.3 is 0 Å².